The van der Waals surface area contributed by atoms with Gasteiger partial charge in [-0.25, -0.2) is 13.2 Å². The number of aliphatic hydroxyl groups is 1. The van der Waals surface area contributed by atoms with Crippen LogP contribution in [0.15, 0.2) is 12.1 Å². The molecule has 0 unspecified atom stereocenters. The average molecular weight is 292 g/mol. The van der Waals surface area contributed by atoms with Gasteiger partial charge in [-0.15, -0.1) is 0 Å². The third kappa shape index (κ3) is 3.67. The number of carbonyl (C=O) groups excluding carboxylic acids is 1. The molecule has 1 aromatic rings. The standard InChI is InChI=1S/C11H11F3N2O4/c1-6-2-7(16(19)20)3-8(9(6)12)10(18)15-4-11(13,14)5-17/h2-3,17H,4-5H2,1H3,(H,15,18). The van der Waals surface area contributed by atoms with Gasteiger partial charge in [0.15, 0.2) is 0 Å². The Labute approximate surface area is 111 Å². The lowest BCUT2D eigenvalue weighted by atomic mass is 10.1. The molecular formula is C11H11F3N2O4. The van der Waals surface area contributed by atoms with E-state index in [2.05, 4.69) is 0 Å². The van der Waals surface area contributed by atoms with Crippen LogP contribution in [0.5, 0.6) is 0 Å². The normalized spacial score (nSPS) is 11.2. The van der Waals surface area contributed by atoms with Gasteiger partial charge < -0.3 is 10.4 Å². The van der Waals surface area contributed by atoms with Crippen LogP contribution in [-0.2, 0) is 0 Å². The molecule has 0 saturated carbocycles. The van der Waals surface area contributed by atoms with Gasteiger partial charge in [-0.05, 0) is 12.5 Å². The van der Waals surface area contributed by atoms with Crippen molar-refractivity contribution in [3.8, 4) is 0 Å². The minimum absolute atomic E-state index is 0.154. The van der Waals surface area contributed by atoms with Crippen LogP contribution in [0.2, 0.25) is 0 Å². The van der Waals surface area contributed by atoms with E-state index in [1.807, 2.05) is 0 Å². The number of halogens is 3. The Morgan fingerprint density at radius 1 is 1.50 bits per heavy atom. The van der Waals surface area contributed by atoms with Crippen molar-refractivity contribution in [3.05, 3.63) is 39.2 Å². The molecule has 1 aromatic carbocycles. The monoisotopic (exact) mass is 292 g/mol. The largest absolute Gasteiger partial charge is 0.390 e. The highest BCUT2D eigenvalue weighted by Gasteiger charge is 2.29. The molecule has 0 aliphatic carbocycles. The second-order valence-corrected chi connectivity index (χ2v) is 4.08. The molecule has 110 valence electrons. The number of nitrogens with zero attached hydrogens (tertiary/aromatic N) is 1. The molecule has 1 amide bonds. The van der Waals surface area contributed by atoms with E-state index >= 15 is 0 Å². The molecule has 2 N–H and O–H groups in total. The highest BCUT2D eigenvalue weighted by Crippen LogP contribution is 2.21. The molecule has 20 heavy (non-hydrogen) atoms. The van der Waals surface area contributed by atoms with Gasteiger partial charge in [-0.2, -0.15) is 0 Å². The fourth-order valence-electron chi connectivity index (χ4n) is 1.38. The number of nitro benzene ring substituents is 1. The number of aliphatic hydroxyl groups excluding tert-OH is 1. The molecule has 0 fully saturated rings. The second kappa shape index (κ2) is 5.87. The zero-order valence-electron chi connectivity index (χ0n) is 10.3. The molecule has 9 heteroatoms. The van der Waals surface area contributed by atoms with Gasteiger partial charge in [0.1, 0.15) is 12.4 Å². The zero-order chi connectivity index (χ0) is 15.5. The van der Waals surface area contributed by atoms with Crippen LogP contribution in [0.4, 0.5) is 18.9 Å². The molecular weight excluding hydrogens is 281 g/mol. The lowest BCUT2D eigenvalue weighted by molar-refractivity contribution is -0.385. The molecule has 0 aliphatic rings. The maximum Gasteiger partial charge on any atom is 0.287 e. The number of rotatable bonds is 5. The molecule has 1 rings (SSSR count). The summed E-state index contributed by atoms with van der Waals surface area (Å²) in [4.78, 5) is 21.3. The van der Waals surface area contributed by atoms with Crippen LogP contribution in [0.3, 0.4) is 0 Å². The quantitative estimate of drug-likeness (QED) is 0.633. The summed E-state index contributed by atoms with van der Waals surface area (Å²) in [7, 11) is 0. The minimum atomic E-state index is -3.55. The van der Waals surface area contributed by atoms with E-state index in [0.717, 1.165) is 6.07 Å². The molecule has 0 atom stereocenters. The fourth-order valence-corrected chi connectivity index (χ4v) is 1.38. The molecule has 0 aromatic heterocycles. The first-order chi connectivity index (χ1) is 9.18. The minimum Gasteiger partial charge on any atom is -0.390 e. The van der Waals surface area contributed by atoms with E-state index in [9.17, 15) is 28.1 Å². The number of nitro groups is 1. The van der Waals surface area contributed by atoms with Gasteiger partial charge in [-0.3, -0.25) is 14.9 Å². The first-order valence-electron chi connectivity index (χ1n) is 5.39. The number of alkyl halides is 2. The Morgan fingerprint density at radius 2 is 2.10 bits per heavy atom. The molecule has 0 heterocycles. The zero-order valence-corrected chi connectivity index (χ0v) is 10.3. The van der Waals surface area contributed by atoms with Crippen molar-refractivity contribution in [2.45, 2.75) is 12.8 Å². The number of hydrogen-bond acceptors (Lipinski definition) is 4. The average Bonchev–Trinajstić information content (AvgIpc) is 2.38. The predicted octanol–water partition coefficient (Wildman–Crippen LogP) is 1.40. The summed E-state index contributed by atoms with van der Waals surface area (Å²) in [6.07, 6.45) is 0. The first kappa shape index (κ1) is 15.9. The molecule has 0 bridgehead atoms. The van der Waals surface area contributed by atoms with Crippen molar-refractivity contribution in [1.29, 1.82) is 0 Å². The van der Waals surface area contributed by atoms with Crippen molar-refractivity contribution in [1.82, 2.24) is 5.32 Å². The topological polar surface area (TPSA) is 92.5 Å². The number of amides is 1. The Morgan fingerprint density at radius 3 is 2.60 bits per heavy atom. The third-order valence-electron chi connectivity index (χ3n) is 2.43. The van der Waals surface area contributed by atoms with Gasteiger partial charge in [0, 0.05) is 12.1 Å². The summed E-state index contributed by atoms with van der Waals surface area (Å²) < 4.78 is 39.2. The number of non-ortho nitro benzene ring substituents is 1. The summed E-state index contributed by atoms with van der Waals surface area (Å²) in [5.74, 6) is -5.80. The van der Waals surface area contributed by atoms with Crippen LogP contribution >= 0.6 is 0 Å². The molecule has 0 radical (unpaired) electrons. The van der Waals surface area contributed by atoms with E-state index in [4.69, 9.17) is 5.11 Å². The van der Waals surface area contributed by atoms with Crippen LogP contribution in [0.1, 0.15) is 15.9 Å². The Hall–Kier alpha value is -2.16. The summed E-state index contributed by atoms with van der Waals surface area (Å²) >= 11 is 0. The highest BCUT2D eigenvalue weighted by molar-refractivity contribution is 5.95. The number of benzene rings is 1. The van der Waals surface area contributed by atoms with E-state index in [1.165, 1.54) is 6.92 Å². The summed E-state index contributed by atoms with van der Waals surface area (Å²) in [6.45, 7) is -1.48. The van der Waals surface area contributed by atoms with Gasteiger partial charge in [0.2, 0.25) is 0 Å². The number of hydrogen-bond donors (Lipinski definition) is 2. The van der Waals surface area contributed by atoms with E-state index in [0.29, 0.717) is 6.07 Å². The molecule has 0 aliphatic heterocycles. The van der Waals surface area contributed by atoms with Crippen LogP contribution in [0, 0.1) is 22.9 Å². The highest BCUT2D eigenvalue weighted by atomic mass is 19.3. The van der Waals surface area contributed by atoms with Crippen LogP contribution in [-0.4, -0.2) is 35.0 Å². The maximum absolute atomic E-state index is 13.7. The van der Waals surface area contributed by atoms with Crippen molar-refractivity contribution >= 4 is 11.6 Å². The SMILES string of the molecule is Cc1cc([N+](=O)[O-])cc(C(=O)NCC(F)(F)CO)c1F. The Bertz CT molecular complexity index is 549. The van der Waals surface area contributed by atoms with Gasteiger partial charge in [0.25, 0.3) is 17.5 Å². The second-order valence-electron chi connectivity index (χ2n) is 4.08. The Kier molecular flexibility index (Phi) is 4.66. The third-order valence-corrected chi connectivity index (χ3v) is 2.43. The first-order valence-corrected chi connectivity index (χ1v) is 5.39. The summed E-state index contributed by atoms with van der Waals surface area (Å²) in [6, 6.07) is 1.59. The van der Waals surface area contributed by atoms with Crippen molar-refractivity contribution < 1.29 is 28.0 Å². The molecule has 0 spiro atoms. The lowest BCUT2D eigenvalue weighted by Gasteiger charge is -2.14. The maximum atomic E-state index is 13.7. The van der Waals surface area contributed by atoms with E-state index < -0.39 is 47.0 Å². The van der Waals surface area contributed by atoms with Crippen molar-refractivity contribution in [2.24, 2.45) is 0 Å². The van der Waals surface area contributed by atoms with Gasteiger partial charge in [0.05, 0.1) is 17.0 Å². The van der Waals surface area contributed by atoms with Crippen LogP contribution in [0.25, 0.3) is 0 Å². The van der Waals surface area contributed by atoms with E-state index in [-0.39, 0.29) is 5.56 Å². The summed E-state index contributed by atoms with van der Waals surface area (Å²) in [5, 5.41) is 20.6. The number of aryl methyl sites for hydroxylation is 1. The molecule has 6 nitrogen and oxygen atoms in total. The number of carbonyl (C=O) groups is 1. The van der Waals surface area contributed by atoms with Crippen molar-refractivity contribution in [3.63, 3.8) is 0 Å². The number of nitrogens with one attached hydrogen (secondary N) is 1. The smallest absolute Gasteiger partial charge is 0.287 e. The molecule has 0 saturated heterocycles. The fraction of sp³-hybridized carbons (Fsp3) is 0.364. The van der Waals surface area contributed by atoms with Gasteiger partial charge in [-0.1, -0.05) is 0 Å². The van der Waals surface area contributed by atoms with E-state index in [1.54, 1.807) is 5.32 Å². The summed E-state index contributed by atoms with van der Waals surface area (Å²) in [5.41, 5.74) is -1.38. The van der Waals surface area contributed by atoms with Crippen molar-refractivity contribution in [2.75, 3.05) is 13.2 Å². The van der Waals surface area contributed by atoms with Crippen LogP contribution < -0.4 is 5.32 Å². The Balaban J connectivity index is 3.01. The van der Waals surface area contributed by atoms with Gasteiger partial charge >= 0.3 is 0 Å². The predicted molar refractivity (Wildman–Crippen MR) is 62.2 cm³/mol. The lowest BCUT2D eigenvalue weighted by Crippen LogP contribution is -2.39.